The van der Waals surface area contributed by atoms with Crippen LogP contribution in [0.3, 0.4) is 0 Å². The number of alkyl carbamates (subject to hydrolysis) is 1. The zero-order valence-corrected chi connectivity index (χ0v) is 21.9. The van der Waals surface area contributed by atoms with Gasteiger partial charge in [0.1, 0.15) is 18.7 Å². The van der Waals surface area contributed by atoms with Gasteiger partial charge < -0.3 is 20.1 Å². The van der Waals surface area contributed by atoms with E-state index in [2.05, 4.69) is 26.6 Å². The second-order valence-corrected chi connectivity index (χ2v) is 9.26. The summed E-state index contributed by atoms with van der Waals surface area (Å²) in [4.78, 5) is 38.4. The average molecular weight is 574 g/mol. The van der Waals surface area contributed by atoms with Crippen LogP contribution in [0.2, 0.25) is 5.02 Å². The number of halogens is 2. The predicted molar refractivity (Wildman–Crippen MR) is 140 cm³/mol. The smallest absolute Gasteiger partial charge is 0.408 e. The topological polar surface area (TPSA) is 93.7 Å². The Morgan fingerprint density at radius 1 is 0.861 bits per heavy atom. The summed E-state index contributed by atoms with van der Waals surface area (Å²) in [7, 11) is 1.25. The van der Waals surface area contributed by atoms with Crippen molar-refractivity contribution in [3.8, 4) is 0 Å². The molecule has 0 saturated carbocycles. The minimum absolute atomic E-state index is 0.0555. The highest BCUT2D eigenvalue weighted by molar-refractivity contribution is 9.10. The molecule has 0 aliphatic rings. The van der Waals surface area contributed by atoms with Crippen molar-refractivity contribution in [2.45, 2.75) is 31.5 Å². The van der Waals surface area contributed by atoms with Crippen molar-refractivity contribution in [1.29, 1.82) is 0 Å². The summed E-state index contributed by atoms with van der Waals surface area (Å²) < 4.78 is 10.9. The second kappa shape index (κ2) is 13.7. The molecule has 0 aromatic heterocycles. The molecule has 0 fully saturated rings. The number of amides is 2. The molecule has 36 heavy (non-hydrogen) atoms. The highest BCUT2D eigenvalue weighted by Gasteiger charge is 2.28. The fourth-order valence-electron chi connectivity index (χ4n) is 3.49. The van der Waals surface area contributed by atoms with E-state index < -0.39 is 30.1 Å². The van der Waals surface area contributed by atoms with Gasteiger partial charge in [0.25, 0.3) is 0 Å². The van der Waals surface area contributed by atoms with Crippen LogP contribution in [0.5, 0.6) is 0 Å². The van der Waals surface area contributed by atoms with E-state index >= 15 is 0 Å². The standard InChI is InChI=1S/C27H26BrClN2O5/c1-35-26(33)24(16-20-15-21(29)12-13-22(20)28)30-25(32)23(14-18-8-4-2-5-9-18)31-27(34)36-17-19-10-6-3-7-11-19/h2-13,15,23-24H,14,16-17H2,1H3,(H,30,32)(H,31,34)/t23-,24+/m0/s1. The lowest BCUT2D eigenvalue weighted by Gasteiger charge is -2.23. The summed E-state index contributed by atoms with van der Waals surface area (Å²) in [5.41, 5.74) is 2.36. The van der Waals surface area contributed by atoms with E-state index in [9.17, 15) is 14.4 Å². The van der Waals surface area contributed by atoms with Crippen molar-refractivity contribution in [2.75, 3.05) is 7.11 Å². The van der Waals surface area contributed by atoms with Gasteiger partial charge in [0, 0.05) is 22.3 Å². The minimum atomic E-state index is -1.00. The Morgan fingerprint density at radius 2 is 1.50 bits per heavy atom. The number of methoxy groups -OCH3 is 1. The van der Waals surface area contributed by atoms with Crippen LogP contribution in [0, 0.1) is 0 Å². The highest BCUT2D eigenvalue weighted by Crippen LogP contribution is 2.23. The molecule has 0 bridgehead atoms. The molecule has 0 heterocycles. The summed E-state index contributed by atoms with van der Waals surface area (Å²) in [5.74, 6) is -1.18. The SMILES string of the molecule is COC(=O)[C@@H](Cc1cc(Cl)ccc1Br)NC(=O)[C@H](Cc1ccccc1)NC(=O)OCc1ccccc1. The van der Waals surface area contributed by atoms with E-state index in [-0.39, 0.29) is 19.4 Å². The molecular weight excluding hydrogens is 548 g/mol. The maximum absolute atomic E-state index is 13.3. The number of carbonyl (C=O) groups excluding carboxylic acids is 3. The molecule has 0 unspecified atom stereocenters. The molecule has 3 rings (SSSR count). The molecule has 0 spiro atoms. The van der Waals surface area contributed by atoms with Crippen molar-refractivity contribution in [3.63, 3.8) is 0 Å². The lowest BCUT2D eigenvalue weighted by Crippen LogP contribution is -2.53. The van der Waals surface area contributed by atoms with Gasteiger partial charge in [-0.15, -0.1) is 0 Å². The molecular formula is C27H26BrClN2O5. The Bertz CT molecular complexity index is 1180. The van der Waals surface area contributed by atoms with E-state index in [1.54, 1.807) is 18.2 Å². The number of hydrogen-bond donors (Lipinski definition) is 2. The van der Waals surface area contributed by atoms with Crippen LogP contribution in [0.25, 0.3) is 0 Å². The summed E-state index contributed by atoms with van der Waals surface area (Å²) in [6.45, 7) is 0.0555. The largest absolute Gasteiger partial charge is 0.467 e. The first-order valence-electron chi connectivity index (χ1n) is 11.2. The number of nitrogens with one attached hydrogen (secondary N) is 2. The van der Waals surface area contributed by atoms with Crippen LogP contribution in [-0.2, 0) is 38.5 Å². The van der Waals surface area contributed by atoms with Gasteiger partial charge in [-0.2, -0.15) is 0 Å². The third-order valence-electron chi connectivity index (χ3n) is 5.34. The quantitative estimate of drug-likeness (QED) is 0.339. The molecule has 3 aromatic rings. The lowest BCUT2D eigenvalue weighted by molar-refractivity contribution is -0.145. The van der Waals surface area contributed by atoms with E-state index in [4.69, 9.17) is 21.1 Å². The number of carbonyl (C=O) groups is 3. The number of ether oxygens (including phenoxy) is 2. The molecule has 2 N–H and O–H groups in total. The van der Waals surface area contributed by atoms with Crippen molar-refractivity contribution >= 4 is 45.5 Å². The first-order valence-corrected chi connectivity index (χ1v) is 12.4. The summed E-state index contributed by atoms with van der Waals surface area (Å²) >= 11 is 9.55. The molecule has 9 heteroatoms. The Kier molecular flexibility index (Phi) is 10.3. The Labute approximate surface area is 223 Å². The van der Waals surface area contributed by atoms with E-state index in [0.29, 0.717) is 10.6 Å². The lowest BCUT2D eigenvalue weighted by atomic mass is 10.0. The van der Waals surface area contributed by atoms with Gasteiger partial charge >= 0.3 is 12.1 Å². The van der Waals surface area contributed by atoms with Crippen molar-refractivity contribution in [3.05, 3.63) is 105 Å². The van der Waals surface area contributed by atoms with Crippen molar-refractivity contribution in [1.82, 2.24) is 10.6 Å². The summed E-state index contributed by atoms with van der Waals surface area (Å²) in [5, 5.41) is 5.83. The fourth-order valence-corrected chi connectivity index (χ4v) is 4.10. The zero-order valence-electron chi connectivity index (χ0n) is 19.6. The number of esters is 1. The Hall–Kier alpha value is -3.36. The van der Waals surface area contributed by atoms with Crippen molar-refractivity contribution < 1.29 is 23.9 Å². The number of benzene rings is 3. The van der Waals surface area contributed by atoms with Crippen LogP contribution in [0.4, 0.5) is 4.79 Å². The molecule has 0 aliphatic carbocycles. The fraction of sp³-hybridized carbons (Fsp3) is 0.222. The Morgan fingerprint density at radius 3 is 2.14 bits per heavy atom. The maximum atomic E-state index is 13.3. The van der Waals surface area contributed by atoms with Crippen LogP contribution < -0.4 is 10.6 Å². The molecule has 0 radical (unpaired) electrons. The number of hydrogen-bond acceptors (Lipinski definition) is 5. The summed E-state index contributed by atoms with van der Waals surface area (Å²) in [6, 6.07) is 21.6. The molecule has 2 amide bonds. The van der Waals surface area contributed by atoms with Crippen LogP contribution in [-0.4, -0.2) is 37.2 Å². The predicted octanol–water partition coefficient (Wildman–Crippen LogP) is 4.84. The van der Waals surface area contributed by atoms with Crippen LogP contribution in [0.1, 0.15) is 16.7 Å². The van der Waals surface area contributed by atoms with Gasteiger partial charge in [-0.3, -0.25) is 4.79 Å². The van der Waals surface area contributed by atoms with Gasteiger partial charge in [-0.05, 0) is 34.9 Å². The van der Waals surface area contributed by atoms with Crippen LogP contribution >= 0.6 is 27.5 Å². The molecule has 0 aliphatic heterocycles. The molecule has 2 atom stereocenters. The maximum Gasteiger partial charge on any atom is 0.408 e. The van der Waals surface area contributed by atoms with Gasteiger partial charge in [-0.1, -0.05) is 88.2 Å². The van der Waals surface area contributed by atoms with Gasteiger partial charge in [-0.25, -0.2) is 9.59 Å². The third kappa shape index (κ3) is 8.39. The first kappa shape index (κ1) is 27.2. The highest BCUT2D eigenvalue weighted by atomic mass is 79.9. The van der Waals surface area contributed by atoms with Crippen LogP contribution in [0.15, 0.2) is 83.3 Å². The zero-order chi connectivity index (χ0) is 25.9. The Balaban J connectivity index is 1.74. The van der Waals surface area contributed by atoms with Gasteiger partial charge in [0.2, 0.25) is 5.91 Å². The molecule has 7 nitrogen and oxygen atoms in total. The minimum Gasteiger partial charge on any atom is -0.467 e. The molecule has 0 saturated heterocycles. The van der Waals surface area contributed by atoms with E-state index in [1.807, 2.05) is 60.7 Å². The average Bonchev–Trinajstić information content (AvgIpc) is 2.89. The van der Waals surface area contributed by atoms with E-state index in [1.165, 1.54) is 7.11 Å². The molecule has 188 valence electrons. The third-order valence-corrected chi connectivity index (χ3v) is 6.35. The van der Waals surface area contributed by atoms with E-state index in [0.717, 1.165) is 15.6 Å². The van der Waals surface area contributed by atoms with Gasteiger partial charge in [0.05, 0.1) is 7.11 Å². The normalized spacial score (nSPS) is 12.2. The van der Waals surface area contributed by atoms with Crippen molar-refractivity contribution in [2.24, 2.45) is 0 Å². The molecule has 3 aromatic carbocycles. The number of rotatable bonds is 10. The summed E-state index contributed by atoms with van der Waals surface area (Å²) in [6.07, 6.45) is -0.417. The monoisotopic (exact) mass is 572 g/mol. The second-order valence-electron chi connectivity index (χ2n) is 7.97. The first-order chi connectivity index (χ1) is 17.4. The van der Waals surface area contributed by atoms with Gasteiger partial charge in [0.15, 0.2) is 0 Å².